The monoisotopic (exact) mass is 224 g/mol. The number of hydrogen-bond donors (Lipinski definition) is 2. The fourth-order valence-electron chi connectivity index (χ4n) is 0.845. The van der Waals surface area contributed by atoms with Crippen molar-refractivity contribution >= 4 is 0 Å². The second kappa shape index (κ2) is 5.33. The van der Waals surface area contributed by atoms with Crippen molar-refractivity contribution in [2.24, 2.45) is 5.92 Å². The van der Waals surface area contributed by atoms with Crippen LogP contribution >= 0.6 is 0 Å². The molecule has 88 valence electrons. The number of nitrogens with one attached hydrogen (secondary N) is 1. The van der Waals surface area contributed by atoms with E-state index in [1.165, 1.54) is 13.0 Å². The lowest BCUT2D eigenvalue weighted by Crippen LogP contribution is -2.41. The molecule has 2 atom stereocenters. The van der Waals surface area contributed by atoms with Gasteiger partial charge in [0.1, 0.15) is 0 Å². The van der Waals surface area contributed by atoms with Crippen LogP contribution < -0.4 is 5.32 Å². The van der Waals surface area contributed by atoms with E-state index in [0.717, 1.165) is 0 Å². The Bertz CT molecular complexity index is 232. The van der Waals surface area contributed by atoms with Gasteiger partial charge in [-0.2, -0.15) is 18.4 Å². The first-order chi connectivity index (χ1) is 6.73. The Morgan fingerprint density at radius 3 is 2.33 bits per heavy atom. The summed E-state index contributed by atoms with van der Waals surface area (Å²) >= 11 is 0. The Balaban J connectivity index is 4.01. The van der Waals surface area contributed by atoms with Gasteiger partial charge < -0.3 is 10.4 Å². The largest absolute Gasteiger partial charge is 0.405 e. The van der Waals surface area contributed by atoms with Crippen LogP contribution in [0.2, 0.25) is 0 Å². The van der Waals surface area contributed by atoms with E-state index in [9.17, 15) is 18.3 Å². The predicted octanol–water partition coefficient (Wildman–Crippen LogP) is 1.44. The van der Waals surface area contributed by atoms with E-state index >= 15 is 0 Å². The van der Waals surface area contributed by atoms with Crippen molar-refractivity contribution in [3.8, 4) is 6.07 Å². The van der Waals surface area contributed by atoms with Gasteiger partial charge in [-0.15, -0.1) is 0 Å². The molecule has 0 aliphatic heterocycles. The fourth-order valence-corrected chi connectivity index (χ4v) is 0.845. The van der Waals surface area contributed by atoms with Gasteiger partial charge in [0, 0.05) is 13.1 Å². The molecule has 0 radical (unpaired) electrons. The van der Waals surface area contributed by atoms with Gasteiger partial charge >= 0.3 is 6.18 Å². The molecule has 0 rings (SSSR count). The third-order valence-corrected chi connectivity index (χ3v) is 2.17. The maximum atomic E-state index is 12.1. The number of hydrogen-bond acceptors (Lipinski definition) is 3. The van der Waals surface area contributed by atoms with Gasteiger partial charge in [0.25, 0.3) is 0 Å². The van der Waals surface area contributed by atoms with Crippen LogP contribution in [-0.2, 0) is 0 Å². The minimum atomic E-state index is -4.51. The summed E-state index contributed by atoms with van der Waals surface area (Å²) in [6, 6.07) is 1.18. The summed E-state index contributed by atoms with van der Waals surface area (Å²) in [6.45, 7) is 2.80. The van der Waals surface area contributed by atoms with Crippen molar-refractivity contribution in [2.75, 3.05) is 13.1 Å². The highest BCUT2D eigenvalue weighted by atomic mass is 19.4. The highest BCUT2D eigenvalue weighted by Gasteiger charge is 2.39. The van der Waals surface area contributed by atoms with Gasteiger partial charge in [0.05, 0.1) is 11.7 Å². The van der Waals surface area contributed by atoms with Crippen molar-refractivity contribution in [3.05, 3.63) is 0 Å². The number of aliphatic hydroxyl groups is 1. The van der Waals surface area contributed by atoms with Crippen LogP contribution in [0, 0.1) is 17.2 Å². The molecule has 0 saturated heterocycles. The minimum Gasteiger partial charge on any atom is -0.389 e. The Kier molecular flexibility index (Phi) is 5.05. The molecule has 2 N–H and O–H groups in total. The van der Waals surface area contributed by atoms with Gasteiger partial charge in [-0.1, -0.05) is 6.92 Å². The Hall–Kier alpha value is -0.800. The molecule has 0 amide bonds. The second-order valence-corrected chi connectivity index (χ2v) is 3.70. The molecule has 0 spiro atoms. The highest BCUT2D eigenvalue weighted by molar-refractivity contribution is 4.90. The maximum absolute atomic E-state index is 12.1. The molecule has 0 aliphatic carbocycles. The zero-order valence-corrected chi connectivity index (χ0v) is 8.73. The molecular weight excluding hydrogens is 209 g/mol. The molecule has 6 heteroatoms. The molecule has 2 unspecified atom stereocenters. The second-order valence-electron chi connectivity index (χ2n) is 3.70. The van der Waals surface area contributed by atoms with E-state index < -0.39 is 24.2 Å². The standard InChI is InChI=1S/C9H15F3N2O/c1-3-8(2,15)6-14-5-7(4-13)9(10,11)12/h7,14-15H,3,5-6H2,1-2H3. The molecule has 3 nitrogen and oxygen atoms in total. The summed E-state index contributed by atoms with van der Waals surface area (Å²) in [4.78, 5) is 0. The molecule has 0 aromatic rings. The van der Waals surface area contributed by atoms with Gasteiger partial charge in [0.15, 0.2) is 5.92 Å². The lowest BCUT2D eigenvalue weighted by Gasteiger charge is -2.23. The topological polar surface area (TPSA) is 56.0 Å². The van der Waals surface area contributed by atoms with Crippen LogP contribution in [0.25, 0.3) is 0 Å². The van der Waals surface area contributed by atoms with E-state index in [2.05, 4.69) is 5.32 Å². The molecular formula is C9H15F3N2O. The van der Waals surface area contributed by atoms with Crippen LogP contribution in [-0.4, -0.2) is 30.0 Å². The van der Waals surface area contributed by atoms with Crippen molar-refractivity contribution in [1.29, 1.82) is 5.26 Å². The third kappa shape index (κ3) is 5.60. The summed E-state index contributed by atoms with van der Waals surface area (Å²) in [6.07, 6.45) is -4.08. The fraction of sp³-hybridized carbons (Fsp3) is 0.889. The van der Waals surface area contributed by atoms with Gasteiger partial charge in [-0.3, -0.25) is 0 Å². The van der Waals surface area contributed by atoms with E-state index in [1.54, 1.807) is 6.92 Å². The maximum Gasteiger partial charge on any atom is 0.405 e. The van der Waals surface area contributed by atoms with Crippen molar-refractivity contribution in [1.82, 2.24) is 5.32 Å². The molecule has 0 bridgehead atoms. The summed E-state index contributed by atoms with van der Waals surface area (Å²) < 4.78 is 36.3. The first kappa shape index (κ1) is 14.2. The van der Waals surface area contributed by atoms with Gasteiger partial charge in [-0.25, -0.2) is 0 Å². The van der Waals surface area contributed by atoms with E-state index in [1.807, 2.05) is 0 Å². The average Bonchev–Trinajstić information content (AvgIpc) is 2.10. The van der Waals surface area contributed by atoms with Crippen molar-refractivity contribution in [3.63, 3.8) is 0 Å². The van der Waals surface area contributed by atoms with Crippen LogP contribution in [0.15, 0.2) is 0 Å². The van der Waals surface area contributed by atoms with Crippen molar-refractivity contribution < 1.29 is 18.3 Å². The van der Waals surface area contributed by atoms with Gasteiger partial charge in [0.2, 0.25) is 0 Å². The number of rotatable bonds is 5. The smallest absolute Gasteiger partial charge is 0.389 e. The lowest BCUT2D eigenvalue weighted by molar-refractivity contribution is -0.158. The lowest BCUT2D eigenvalue weighted by atomic mass is 10.0. The number of alkyl halides is 3. The van der Waals surface area contributed by atoms with Crippen LogP contribution in [0.5, 0.6) is 0 Å². The van der Waals surface area contributed by atoms with Crippen LogP contribution in [0.4, 0.5) is 13.2 Å². The molecule has 0 heterocycles. The zero-order chi connectivity index (χ0) is 12.1. The SMILES string of the molecule is CCC(C)(O)CNCC(C#N)C(F)(F)F. The summed E-state index contributed by atoms with van der Waals surface area (Å²) in [5, 5.41) is 20.2. The first-order valence-corrected chi connectivity index (χ1v) is 4.62. The molecule has 0 aromatic heterocycles. The van der Waals surface area contributed by atoms with E-state index in [4.69, 9.17) is 5.26 Å². The summed E-state index contributed by atoms with van der Waals surface area (Å²) in [7, 11) is 0. The third-order valence-electron chi connectivity index (χ3n) is 2.17. The van der Waals surface area contributed by atoms with E-state index in [-0.39, 0.29) is 6.54 Å². The minimum absolute atomic E-state index is 0.0394. The van der Waals surface area contributed by atoms with E-state index in [0.29, 0.717) is 6.42 Å². The summed E-state index contributed by atoms with van der Waals surface area (Å²) in [5.41, 5.74) is -1.04. The quantitative estimate of drug-likeness (QED) is 0.743. The number of nitrogens with zero attached hydrogens (tertiary/aromatic N) is 1. The first-order valence-electron chi connectivity index (χ1n) is 4.62. The molecule has 0 fully saturated rings. The predicted molar refractivity (Wildman–Crippen MR) is 48.9 cm³/mol. The number of halogens is 3. The molecule has 0 saturated carbocycles. The molecule has 0 aromatic carbocycles. The Morgan fingerprint density at radius 2 is 2.00 bits per heavy atom. The highest BCUT2D eigenvalue weighted by Crippen LogP contribution is 2.24. The molecule has 0 aliphatic rings. The van der Waals surface area contributed by atoms with Crippen LogP contribution in [0.1, 0.15) is 20.3 Å². The van der Waals surface area contributed by atoms with Crippen LogP contribution in [0.3, 0.4) is 0 Å². The summed E-state index contributed by atoms with van der Waals surface area (Å²) in [5.74, 6) is -2.02. The average molecular weight is 224 g/mol. The number of nitriles is 1. The molecule has 15 heavy (non-hydrogen) atoms. The van der Waals surface area contributed by atoms with Gasteiger partial charge in [-0.05, 0) is 13.3 Å². The zero-order valence-electron chi connectivity index (χ0n) is 8.73. The van der Waals surface area contributed by atoms with Crippen molar-refractivity contribution in [2.45, 2.75) is 32.0 Å². The Labute approximate surface area is 86.9 Å². The Morgan fingerprint density at radius 1 is 1.47 bits per heavy atom. The normalized spacial score (nSPS) is 17.9.